The van der Waals surface area contributed by atoms with Crippen molar-refractivity contribution in [1.82, 2.24) is 5.32 Å². The number of anilines is 1. The van der Waals surface area contributed by atoms with Gasteiger partial charge in [0.25, 0.3) is 5.91 Å². The first-order valence-electron chi connectivity index (χ1n) is 10.4. The summed E-state index contributed by atoms with van der Waals surface area (Å²) in [5.41, 5.74) is 7.98. The van der Waals surface area contributed by atoms with Crippen LogP contribution in [0.25, 0.3) is 0 Å². The fraction of sp³-hybridized carbons (Fsp3) is 0.375. The maximum atomic E-state index is 12.6. The van der Waals surface area contributed by atoms with Gasteiger partial charge in [0, 0.05) is 17.8 Å². The molecule has 1 saturated carbocycles. The number of carbonyl (C=O) groups excluding carboxylic acids is 2. The lowest BCUT2D eigenvalue weighted by Gasteiger charge is -2.28. The molecule has 0 spiro atoms. The highest BCUT2D eigenvalue weighted by Gasteiger charge is 2.21. The number of nitrogens with two attached hydrogens (primary N) is 1. The van der Waals surface area contributed by atoms with Gasteiger partial charge in [0.05, 0.1) is 18.1 Å². The molecule has 2 aromatic rings. The van der Waals surface area contributed by atoms with Crippen LogP contribution in [0.3, 0.4) is 0 Å². The monoisotopic (exact) mass is 404 g/mol. The highest BCUT2D eigenvalue weighted by molar-refractivity contribution is 6.05. The van der Waals surface area contributed by atoms with E-state index in [0.717, 1.165) is 24.9 Å². The molecule has 1 aliphatic rings. The summed E-state index contributed by atoms with van der Waals surface area (Å²) >= 11 is 0. The van der Waals surface area contributed by atoms with E-state index in [1.54, 1.807) is 30.3 Å². The molecule has 0 bridgehead atoms. The van der Waals surface area contributed by atoms with Crippen LogP contribution in [0.15, 0.2) is 48.5 Å². The maximum Gasteiger partial charge on any atom is 0.255 e. The molecule has 6 heteroatoms. The Hall–Kier alpha value is -3.17. The van der Waals surface area contributed by atoms with Gasteiger partial charge in [-0.1, -0.05) is 30.7 Å². The van der Waals surface area contributed by atoms with Gasteiger partial charge in [0.1, 0.15) is 0 Å². The summed E-state index contributed by atoms with van der Waals surface area (Å²) in [7, 11) is 0. The van der Waals surface area contributed by atoms with Crippen LogP contribution in [0, 0.1) is 23.2 Å². The molecular formula is C24H28N4O2. The molecule has 0 heterocycles. The molecule has 4 N–H and O–H groups in total. The van der Waals surface area contributed by atoms with Crippen molar-refractivity contribution in [2.75, 3.05) is 18.4 Å². The van der Waals surface area contributed by atoms with Crippen molar-refractivity contribution in [3.63, 3.8) is 0 Å². The Bertz CT molecular complexity index is 935. The quantitative estimate of drug-likeness (QED) is 0.658. The van der Waals surface area contributed by atoms with Gasteiger partial charge in [-0.05, 0) is 67.5 Å². The van der Waals surface area contributed by atoms with E-state index in [4.69, 9.17) is 11.0 Å². The third-order valence-electron chi connectivity index (χ3n) is 5.68. The summed E-state index contributed by atoms with van der Waals surface area (Å²) in [5.74, 6) is 0.683. The van der Waals surface area contributed by atoms with Gasteiger partial charge in [-0.15, -0.1) is 0 Å². The van der Waals surface area contributed by atoms with Crippen molar-refractivity contribution in [2.45, 2.75) is 32.1 Å². The number of benzene rings is 2. The first kappa shape index (κ1) is 21.5. The lowest BCUT2D eigenvalue weighted by atomic mass is 9.81. The largest absolute Gasteiger partial charge is 0.356 e. The summed E-state index contributed by atoms with van der Waals surface area (Å²) in [6.07, 6.45) is 4.76. The van der Waals surface area contributed by atoms with E-state index in [9.17, 15) is 9.59 Å². The van der Waals surface area contributed by atoms with Crippen molar-refractivity contribution in [3.8, 4) is 6.07 Å². The van der Waals surface area contributed by atoms with E-state index in [2.05, 4.69) is 10.6 Å². The number of para-hydroxylation sites is 1. The summed E-state index contributed by atoms with van der Waals surface area (Å²) in [6.45, 7) is 1.39. The molecule has 2 atom stereocenters. The smallest absolute Gasteiger partial charge is 0.255 e. The normalized spacial score (nSPS) is 18.3. The minimum atomic E-state index is -0.310. The molecule has 2 unspecified atom stereocenters. The van der Waals surface area contributed by atoms with Crippen molar-refractivity contribution in [2.24, 2.45) is 17.6 Å². The molecule has 3 rings (SSSR count). The van der Waals surface area contributed by atoms with Gasteiger partial charge in [-0.2, -0.15) is 5.26 Å². The minimum Gasteiger partial charge on any atom is -0.356 e. The third-order valence-corrected chi connectivity index (χ3v) is 5.68. The minimum absolute atomic E-state index is 0.0574. The molecule has 2 aromatic carbocycles. The fourth-order valence-electron chi connectivity index (χ4n) is 4.02. The molecule has 30 heavy (non-hydrogen) atoms. The molecule has 0 radical (unpaired) electrons. The van der Waals surface area contributed by atoms with Crippen molar-refractivity contribution in [3.05, 3.63) is 65.2 Å². The van der Waals surface area contributed by atoms with Crippen molar-refractivity contribution < 1.29 is 9.59 Å². The van der Waals surface area contributed by atoms with Crippen LogP contribution in [-0.2, 0) is 11.2 Å². The molecule has 0 aliphatic heterocycles. The Morgan fingerprint density at radius 1 is 1.10 bits per heavy atom. The standard InChI is InChI=1S/C24H28N4O2/c25-14-17-5-3-7-19(11-17)16-27-23(29)13-20-8-1-2-10-22(20)28-24(30)21-9-4-6-18(12-21)15-26/h1-2,4,6,8-10,12,17,19H,3,5,7,11,13-14,16,25H2,(H,27,29)(H,28,30). The van der Waals surface area contributed by atoms with Gasteiger partial charge in [0.2, 0.25) is 5.91 Å². The second kappa shape index (κ2) is 10.6. The average Bonchev–Trinajstić information content (AvgIpc) is 2.79. The van der Waals surface area contributed by atoms with Crippen LogP contribution >= 0.6 is 0 Å². The van der Waals surface area contributed by atoms with Gasteiger partial charge >= 0.3 is 0 Å². The molecule has 2 amide bonds. The first-order chi connectivity index (χ1) is 14.6. The molecule has 1 fully saturated rings. The van der Waals surface area contributed by atoms with Crippen LogP contribution in [0.5, 0.6) is 0 Å². The third kappa shape index (κ3) is 5.91. The zero-order valence-corrected chi connectivity index (χ0v) is 17.1. The number of hydrogen-bond donors (Lipinski definition) is 3. The molecule has 6 nitrogen and oxygen atoms in total. The topological polar surface area (TPSA) is 108 Å². The Balaban J connectivity index is 1.58. The Morgan fingerprint density at radius 3 is 2.70 bits per heavy atom. The van der Waals surface area contributed by atoms with E-state index in [1.165, 1.54) is 12.8 Å². The molecular weight excluding hydrogens is 376 g/mol. The fourth-order valence-corrected chi connectivity index (χ4v) is 4.02. The molecule has 156 valence electrons. The summed E-state index contributed by atoms with van der Waals surface area (Å²) in [4.78, 5) is 25.1. The van der Waals surface area contributed by atoms with Crippen LogP contribution in [0.2, 0.25) is 0 Å². The van der Waals surface area contributed by atoms with Gasteiger partial charge in [-0.3, -0.25) is 9.59 Å². The van der Waals surface area contributed by atoms with E-state index in [-0.39, 0.29) is 18.2 Å². The summed E-state index contributed by atoms with van der Waals surface area (Å²) < 4.78 is 0. The number of nitrogens with one attached hydrogen (secondary N) is 2. The zero-order chi connectivity index (χ0) is 21.3. The number of carbonyl (C=O) groups is 2. The van der Waals surface area contributed by atoms with E-state index in [1.807, 2.05) is 24.3 Å². The van der Waals surface area contributed by atoms with Crippen LogP contribution in [-0.4, -0.2) is 24.9 Å². The predicted molar refractivity (Wildman–Crippen MR) is 117 cm³/mol. The number of amides is 2. The van der Waals surface area contributed by atoms with E-state index < -0.39 is 0 Å². The highest BCUT2D eigenvalue weighted by atomic mass is 16.2. The Labute approximate surface area is 177 Å². The van der Waals surface area contributed by atoms with Gasteiger partial charge < -0.3 is 16.4 Å². The number of nitriles is 1. The van der Waals surface area contributed by atoms with E-state index >= 15 is 0 Å². The molecule has 0 aromatic heterocycles. The number of hydrogen-bond acceptors (Lipinski definition) is 4. The average molecular weight is 405 g/mol. The van der Waals surface area contributed by atoms with Crippen molar-refractivity contribution >= 4 is 17.5 Å². The van der Waals surface area contributed by atoms with Crippen molar-refractivity contribution in [1.29, 1.82) is 5.26 Å². The highest BCUT2D eigenvalue weighted by Crippen LogP contribution is 2.27. The Kier molecular flexibility index (Phi) is 7.58. The SMILES string of the molecule is N#Cc1cccc(C(=O)Nc2ccccc2CC(=O)NCC2CCCC(CN)C2)c1. The second-order valence-corrected chi connectivity index (χ2v) is 7.92. The summed E-state index contributed by atoms with van der Waals surface area (Å²) in [5, 5.41) is 14.9. The maximum absolute atomic E-state index is 12.6. The number of rotatable bonds is 7. The summed E-state index contributed by atoms with van der Waals surface area (Å²) in [6, 6.07) is 15.8. The molecule has 1 aliphatic carbocycles. The van der Waals surface area contributed by atoms with Crippen LogP contribution < -0.4 is 16.4 Å². The van der Waals surface area contributed by atoms with Gasteiger partial charge in [0.15, 0.2) is 0 Å². The zero-order valence-electron chi connectivity index (χ0n) is 17.1. The molecule has 0 saturated heterocycles. The lowest BCUT2D eigenvalue weighted by Crippen LogP contribution is -2.34. The van der Waals surface area contributed by atoms with Crippen LogP contribution in [0.4, 0.5) is 5.69 Å². The van der Waals surface area contributed by atoms with E-state index in [0.29, 0.717) is 35.2 Å². The Morgan fingerprint density at radius 2 is 1.90 bits per heavy atom. The van der Waals surface area contributed by atoms with Crippen LogP contribution in [0.1, 0.15) is 47.2 Å². The lowest BCUT2D eigenvalue weighted by molar-refractivity contribution is -0.120. The van der Waals surface area contributed by atoms with Gasteiger partial charge in [-0.25, -0.2) is 0 Å². The predicted octanol–water partition coefficient (Wildman–Crippen LogP) is 3.23. The second-order valence-electron chi connectivity index (χ2n) is 7.92. The number of nitrogens with zero attached hydrogens (tertiary/aromatic N) is 1. The first-order valence-corrected chi connectivity index (χ1v) is 10.4.